The van der Waals surface area contributed by atoms with Gasteiger partial charge in [-0.15, -0.1) is 0 Å². The average molecular weight is 362 g/mol. The second kappa shape index (κ2) is 8.68. The molecule has 140 valence electrons. The minimum atomic E-state index is -4.82. The molecule has 1 aromatic heterocycles. The Hall–Kier alpha value is -2.32. The van der Waals surface area contributed by atoms with Crippen molar-refractivity contribution in [2.24, 2.45) is 5.92 Å². The molecule has 1 heterocycles. The monoisotopic (exact) mass is 362 g/mol. The molecule has 1 atom stereocenters. The molecule has 0 amide bonds. The molecule has 0 aromatic carbocycles. The Labute approximate surface area is 143 Å². The van der Waals surface area contributed by atoms with Crippen LogP contribution in [0.3, 0.4) is 0 Å². The molecule has 0 radical (unpaired) electrons. The number of alkyl halides is 3. The van der Waals surface area contributed by atoms with Gasteiger partial charge in [0.1, 0.15) is 6.04 Å². The van der Waals surface area contributed by atoms with Crippen molar-refractivity contribution < 1.29 is 27.4 Å². The third kappa shape index (κ3) is 5.61. The molecule has 25 heavy (non-hydrogen) atoms. The molecule has 1 rings (SSSR count). The number of hydrogen-bond acceptors (Lipinski definition) is 5. The van der Waals surface area contributed by atoms with Crippen molar-refractivity contribution >= 4 is 12.0 Å². The van der Waals surface area contributed by atoms with Gasteiger partial charge in [0, 0.05) is 11.8 Å². The van der Waals surface area contributed by atoms with E-state index in [4.69, 9.17) is 4.74 Å². The summed E-state index contributed by atoms with van der Waals surface area (Å²) < 4.78 is 49.8. The fourth-order valence-electron chi connectivity index (χ4n) is 2.18. The Morgan fingerprint density at radius 2 is 2.04 bits per heavy atom. The summed E-state index contributed by atoms with van der Waals surface area (Å²) in [6.45, 7) is 5.57. The summed E-state index contributed by atoms with van der Waals surface area (Å²) in [5, 5.41) is 0. The minimum absolute atomic E-state index is 0.000657. The lowest BCUT2D eigenvalue weighted by Crippen LogP contribution is -2.35. The van der Waals surface area contributed by atoms with Crippen molar-refractivity contribution in [3.63, 3.8) is 0 Å². The van der Waals surface area contributed by atoms with E-state index in [0.717, 1.165) is 30.2 Å². The second-order valence-electron chi connectivity index (χ2n) is 5.66. The van der Waals surface area contributed by atoms with Crippen LogP contribution in [-0.2, 0) is 20.4 Å². The molecule has 0 fully saturated rings. The zero-order valence-electron chi connectivity index (χ0n) is 14.5. The highest BCUT2D eigenvalue weighted by Crippen LogP contribution is 2.30. The highest BCUT2D eigenvalue weighted by atomic mass is 19.4. The van der Waals surface area contributed by atoms with E-state index < -0.39 is 29.6 Å². The van der Waals surface area contributed by atoms with Crippen molar-refractivity contribution in [3.8, 4) is 0 Å². The Morgan fingerprint density at radius 3 is 2.52 bits per heavy atom. The van der Waals surface area contributed by atoms with Crippen molar-refractivity contribution in [1.82, 2.24) is 9.55 Å². The van der Waals surface area contributed by atoms with Crippen molar-refractivity contribution in [2.45, 2.75) is 39.4 Å². The molecular formula is C16H21F3N2O4. The van der Waals surface area contributed by atoms with E-state index in [1.807, 2.05) is 13.8 Å². The quantitative estimate of drug-likeness (QED) is 0.551. The van der Waals surface area contributed by atoms with Gasteiger partial charge in [0.15, 0.2) is 5.69 Å². The SMILES string of the molecule is CCO/C=C/c1cn([C@@H](CC(C)C)C(=O)OC)c(=O)nc1C(F)(F)F. The predicted molar refractivity (Wildman–Crippen MR) is 84.7 cm³/mol. The number of ether oxygens (including phenoxy) is 2. The first kappa shape index (κ1) is 20.7. The van der Waals surface area contributed by atoms with Gasteiger partial charge in [-0.05, 0) is 25.3 Å². The summed E-state index contributed by atoms with van der Waals surface area (Å²) in [7, 11) is 1.15. The second-order valence-corrected chi connectivity index (χ2v) is 5.66. The topological polar surface area (TPSA) is 70.4 Å². The number of aromatic nitrogens is 2. The third-order valence-corrected chi connectivity index (χ3v) is 3.26. The van der Waals surface area contributed by atoms with Gasteiger partial charge < -0.3 is 9.47 Å². The zero-order chi connectivity index (χ0) is 19.2. The van der Waals surface area contributed by atoms with E-state index in [0.29, 0.717) is 0 Å². The standard InChI is InChI=1S/C16H21F3N2O4/c1-5-25-7-6-11-9-21(12(8-10(2)3)14(22)24-4)15(23)20-13(11)16(17,18)19/h6-7,9-10,12H,5,8H2,1-4H3/b7-6+/t12-/m0/s1. The molecule has 6 nitrogen and oxygen atoms in total. The van der Waals surface area contributed by atoms with E-state index in [-0.39, 0.29) is 24.5 Å². The smallest absolute Gasteiger partial charge is 0.434 e. The number of esters is 1. The van der Waals surface area contributed by atoms with Crippen LogP contribution in [0.15, 0.2) is 17.3 Å². The van der Waals surface area contributed by atoms with Gasteiger partial charge in [0.2, 0.25) is 0 Å². The summed E-state index contributed by atoms with van der Waals surface area (Å²) in [5.41, 5.74) is -2.88. The van der Waals surface area contributed by atoms with E-state index in [1.54, 1.807) is 6.92 Å². The van der Waals surface area contributed by atoms with Crippen LogP contribution in [0, 0.1) is 5.92 Å². The van der Waals surface area contributed by atoms with Crippen LogP contribution >= 0.6 is 0 Å². The lowest BCUT2D eigenvalue weighted by atomic mass is 10.0. The molecule has 0 aliphatic rings. The number of nitrogens with zero attached hydrogens (tertiary/aromatic N) is 2. The molecule has 0 unspecified atom stereocenters. The number of rotatable bonds is 7. The molecule has 0 saturated carbocycles. The van der Waals surface area contributed by atoms with Gasteiger partial charge in [0.25, 0.3) is 0 Å². The highest BCUT2D eigenvalue weighted by molar-refractivity contribution is 5.74. The zero-order valence-corrected chi connectivity index (χ0v) is 14.5. The molecule has 0 N–H and O–H groups in total. The average Bonchev–Trinajstić information content (AvgIpc) is 2.52. The first-order chi connectivity index (χ1) is 11.6. The van der Waals surface area contributed by atoms with Gasteiger partial charge in [-0.3, -0.25) is 4.57 Å². The van der Waals surface area contributed by atoms with Crippen LogP contribution in [0.1, 0.15) is 44.5 Å². The molecule has 9 heteroatoms. The van der Waals surface area contributed by atoms with E-state index in [1.165, 1.54) is 0 Å². The Kier molecular flexibility index (Phi) is 7.20. The lowest BCUT2D eigenvalue weighted by molar-refractivity contribution is -0.145. The first-order valence-corrected chi connectivity index (χ1v) is 7.68. The molecule has 0 saturated heterocycles. The summed E-state index contributed by atoms with van der Waals surface area (Å²) in [6, 6.07) is -1.06. The molecule has 0 spiro atoms. The summed E-state index contributed by atoms with van der Waals surface area (Å²) in [5.74, 6) is -0.724. The molecule has 0 aliphatic heterocycles. The van der Waals surface area contributed by atoms with Gasteiger partial charge in [-0.25, -0.2) is 9.59 Å². The number of hydrogen-bond donors (Lipinski definition) is 0. The number of halogens is 3. The van der Waals surface area contributed by atoms with E-state index >= 15 is 0 Å². The molecular weight excluding hydrogens is 341 g/mol. The van der Waals surface area contributed by atoms with Crippen LogP contribution in [-0.4, -0.2) is 29.2 Å². The Bertz CT molecular complexity index is 681. The maximum absolute atomic E-state index is 13.1. The number of methoxy groups -OCH3 is 1. The van der Waals surface area contributed by atoms with Crippen molar-refractivity contribution in [1.29, 1.82) is 0 Å². The highest BCUT2D eigenvalue weighted by Gasteiger charge is 2.37. The van der Waals surface area contributed by atoms with Gasteiger partial charge in [-0.1, -0.05) is 13.8 Å². The van der Waals surface area contributed by atoms with Crippen LogP contribution in [0.2, 0.25) is 0 Å². The number of carbonyl (C=O) groups excluding carboxylic acids is 1. The Morgan fingerprint density at radius 1 is 1.40 bits per heavy atom. The van der Waals surface area contributed by atoms with E-state index in [2.05, 4.69) is 9.72 Å². The largest absolute Gasteiger partial charge is 0.501 e. The van der Waals surface area contributed by atoms with Crippen molar-refractivity contribution in [2.75, 3.05) is 13.7 Å². The predicted octanol–water partition coefficient (Wildman–Crippen LogP) is 3.03. The Balaban J connectivity index is 3.52. The maximum atomic E-state index is 13.1. The van der Waals surface area contributed by atoms with Gasteiger partial charge in [-0.2, -0.15) is 18.2 Å². The van der Waals surface area contributed by atoms with Gasteiger partial charge >= 0.3 is 17.8 Å². The maximum Gasteiger partial charge on any atom is 0.434 e. The number of carbonyl (C=O) groups is 1. The normalized spacial score (nSPS) is 13.3. The molecule has 0 aliphatic carbocycles. The van der Waals surface area contributed by atoms with Crippen LogP contribution in [0.5, 0.6) is 0 Å². The first-order valence-electron chi connectivity index (χ1n) is 7.68. The van der Waals surface area contributed by atoms with Crippen molar-refractivity contribution in [3.05, 3.63) is 34.2 Å². The fourth-order valence-corrected chi connectivity index (χ4v) is 2.18. The summed E-state index contributed by atoms with van der Waals surface area (Å²) in [4.78, 5) is 27.2. The molecule has 1 aromatic rings. The minimum Gasteiger partial charge on any atom is -0.501 e. The van der Waals surface area contributed by atoms with Crippen LogP contribution in [0.4, 0.5) is 13.2 Å². The summed E-state index contributed by atoms with van der Waals surface area (Å²) in [6.07, 6.45) is -1.51. The fraction of sp³-hybridized carbons (Fsp3) is 0.562. The lowest BCUT2D eigenvalue weighted by Gasteiger charge is -2.20. The van der Waals surface area contributed by atoms with Gasteiger partial charge in [0.05, 0.1) is 20.0 Å². The molecule has 0 bridgehead atoms. The van der Waals surface area contributed by atoms with Crippen LogP contribution < -0.4 is 5.69 Å². The summed E-state index contributed by atoms with van der Waals surface area (Å²) >= 11 is 0. The van der Waals surface area contributed by atoms with Crippen LogP contribution in [0.25, 0.3) is 6.08 Å². The third-order valence-electron chi connectivity index (χ3n) is 3.26. The van der Waals surface area contributed by atoms with E-state index in [9.17, 15) is 22.8 Å².